The minimum Gasteiger partial charge on any atom is -0.493 e. The average molecular weight is 554 g/mol. The van der Waals surface area contributed by atoms with Crippen molar-refractivity contribution in [3.05, 3.63) is 94.0 Å². The highest BCUT2D eigenvalue weighted by Gasteiger charge is 2.19. The number of aliphatic carboxylic acids is 1. The Bertz CT molecular complexity index is 1240. The fourth-order valence-corrected chi connectivity index (χ4v) is 3.84. The first kappa shape index (κ1) is 26.4. The van der Waals surface area contributed by atoms with Crippen LogP contribution < -0.4 is 20.2 Å². The van der Waals surface area contributed by atoms with E-state index >= 15 is 0 Å². The number of rotatable bonds is 11. The lowest BCUT2D eigenvalue weighted by Crippen LogP contribution is -2.32. The average Bonchev–Trinajstić information content (AvgIpc) is 2.88. The first-order valence-electron chi connectivity index (χ1n) is 10.8. The largest absolute Gasteiger partial charge is 0.493 e. The number of benzene rings is 3. The van der Waals surface area contributed by atoms with Gasteiger partial charge in [-0.2, -0.15) is 5.10 Å². The summed E-state index contributed by atoms with van der Waals surface area (Å²) in [4.78, 5) is 36.1. The molecule has 0 bridgehead atoms. The van der Waals surface area contributed by atoms with Crippen LogP contribution in [0.25, 0.3) is 0 Å². The molecule has 0 unspecified atom stereocenters. The van der Waals surface area contributed by atoms with Crippen LogP contribution in [-0.4, -0.2) is 42.8 Å². The smallest absolute Gasteiger partial charge is 0.341 e. The van der Waals surface area contributed by atoms with E-state index in [9.17, 15) is 14.4 Å². The molecule has 0 aliphatic heterocycles. The van der Waals surface area contributed by atoms with Crippen molar-refractivity contribution in [1.82, 2.24) is 10.7 Å². The molecule has 0 heterocycles. The Morgan fingerprint density at radius 2 is 1.72 bits per heavy atom. The molecule has 0 saturated carbocycles. The van der Waals surface area contributed by atoms with Crippen molar-refractivity contribution < 1.29 is 29.0 Å². The summed E-state index contributed by atoms with van der Waals surface area (Å²) < 4.78 is 11.0. The molecule has 3 N–H and O–H groups in total. The van der Waals surface area contributed by atoms with Crippen LogP contribution in [0, 0.1) is 0 Å². The molecule has 10 heteroatoms. The van der Waals surface area contributed by atoms with Crippen LogP contribution >= 0.6 is 15.9 Å². The molecule has 2 amide bonds. The van der Waals surface area contributed by atoms with Gasteiger partial charge in [-0.15, -0.1) is 0 Å². The second-order valence-electron chi connectivity index (χ2n) is 7.52. The molecule has 9 nitrogen and oxygen atoms in total. The van der Waals surface area contributed by atoms with Gasteiger partial charge in [-0.05, 0) is 51.3 Å². The van der Waals surface area contributed by atoms with Gasteiger partial charge in [0.15, 0.2) is 18.1 Å². The Morgan fingerprint density at radius 1 is 1.06 bits per heavy atom. The summed E-state index contributed by atoms with van der Waals surface area (Å²) in [6, 6.07) is 20.6. The van der Waals surface area contributed by atoms with Crippen LogP contribution in [0.2, 0.25) is 0 Å². The Labute approximate surface area is 216 Å². The van der Waals surface area contributed by atoms with Crippen LogP contribution in [0.3, 0.4) is 0 Å². The number of amides is 2. The quantitative estimate of drug-likeness (QED) is 0.244. The number of carbonyl (C=O) groups excluding carboxylic acids is 2. The van der Waals surface area contributed by atoms with E-state index in [0.29, 0.717) is 21.3 Å². The molecule has 0 spiro atoms. The van der Waals surface area contributed by atoms with E-state index in [-0.39, 0.29) is 18.1 Å². The summed E-state index contributed by atoms with van der Waals surface area (Å²) in [6.07, 6.45) is 1.38. The van der Waals surface area contributed by atoms with E-state index in [0.717, 1.165) is 5.56 Å². The molecule has 0 aliphatic rings. The summed E-state index contributed by atoms with van der Waals surface area (Å²) in [7, 11) is 1.42. The van der Waals surface area contributed by atoms with Crippen LogP contribution in [-0.2, 0) is 9.59 Å². The monoisotopic (exact) mass is 553 g/mol. The Kier molecular flexibility index (Phi) is 9.58. The van der Waals surface area contributed by atoms with Crippen LogP contribution in [0.1, 0.15) is 33.9 Å². The van der Waals surface area contributed by atoms with Gasteiger partial charge in [0.25, 0.3) is 5.91 Å². The van der Waals surface area contributed by atoms with E-state index in [1.54, 1.807) is 36.4 Å². The van der Waals surface area contributed by atoms with Crippen molar-refractivity contribution in [2.45, 2.75) is 12.5 Å². The van der Waals surface area contributed by atoms with Gasteiger partial charge in [-0.25, -0.2) is 10.2 Å². The molecule has 3 aromatic rings. The van der Waals surface area contributed by atoms with Gasteiger partial charge in [0, 0.05) is 5.56 Å². The topological polar surface area (TPSA) is 126 Å². The van der Waals surface area contributed by atoms with E-state index in [1.165, 1.54) is 13.3 Å². The number of hydrogen-bond acceptors (Lipinski definition) is 6. The summed E-state index contributed by atoms with van der Waals surface area (Å²) in [5, 5.41) is 15.7. The zero-order valence-electron chi connectivity index (χ0n) is 19.3. The molecule has 1 atom stereocenters. The molecule has 0 fully saturated rings. The zero-order valence-corrected chi connectivity index (χ0v) is 20.9. The molecule has 0 aromatic heterocycles. The number of halogens is 1. The molecular weight excluding hydrogens is 530 g/mol. The maximum Gasteiger partial charge on any atom is 0.341 e. The molecular formula is C26H24BrN3O6. The van der Waals surface area contributed by atoms with Gasteiger partial charge in [-0.1, -0.05) is 48.5 Å². The van der Waals surface area contributed by atoms with Gasteiger partial charge in [-0.3, -0.25) is 9.59 Å². The number of methoxy groups -OCH3 is 1. The number of carboxylic acids is 1. The zero-order chi connectivity index (χ0) is 25.9. The molecule has 3 rings (SSSR count). The summed E-state index contributed by atoms with van der Waals surface area (Å²) in [5.74, 6) is -1.28. The number of hydrogen-bond donors (Lipinski definition) is 3. The predicted octanol–water partition coefficient (Wildman–Crippen LogP) is 3.93. The molecule has 0 aliphatic carbocycles. The van der Waals surface area contributed by atoms with Crippen molar-refractivity contribution in [2.75, 3.05) is 13.7 Å². The maximum absolute atomic E-state index is 12.7. The van der Waals surface area contributed by atoms with Crippen molar-refractivity contribution in [1.29, 1.82) is 0 Å². The van der Waals surface area contributed by atoms with E-state index < -0.39 is 24.5 Å². The molecule has 36 heavy (non-hydrogen) atoms. The summed E-state index contributed by atoms with van der Waals surface area (Å²) >= 11 is 3.32. The highest BCUT2D eigenvalue weighted by molar-refractivity contribution is 9.10. The fraction of sp³-hybridized carbons (Fsp3) is 0.154. The Hall–Kier alpha value is -4.18. The van der Waals surface area contributed by atoms with E-state index in [1.807, 2.05) is 36.4 Å². The highest BCUT2D eigenvalue weighted by atomic mass is 79.9. The van der Waals surface area contributed by atoms with Crippen molar-refractivity contribution >= 4 is 39.9 Å². The third-order valence-electron chi connectivity index (χ3n) is 4.93. The van der Waals surface area contributed by atoms with Gasteiger partial charge in [0.05, 0.1) is 30.3 Å². The number of nitrogens with zero attached hydrogens (tertiary/aromatic N) is 1. The van der Waals surface area contributed by atoms with Gasteiger partial charge >= 0.3 is 5.97 Å². The first-order valence-corrected chi connectivity index (χ1v) is 11.6. The summed E-state index contributed by atoms with van der Waals surface area (Å²) in [5.41, 5.74) is 4.31. The lowest BCUT2D eigenvalue weighted by Gasteiger charge is -2.18. The second-order valence-corrected chi connectivity index (χ2v) is 8.37. The third kappa shape index (κ3) is 7.67. The lowest BCUT2D eigenvalue weighted by atomic mass is 10.0. The van der Waals surface area contributed by atoms with Crippen LogP contribution in [0.15, 0.2) is 82.4 Å². The minimum absolute atomic E-state index is 0.0328. The maximum atomic E-state index is 12.7. The fourth-order valence-electron chi connectivity index (χ4n) is 3.27. The first-order chi connectivity index (χ1) is 17.4. The predicted molar refractivity (Wildman–Crippen MR) is 137 cm³/mol. The SMILES string of the molecule is COc1cc(/C=N\NC(=O)C[C@H](NC(=O)c2ccccc2)c2ccccc2)cc(Br)c1OCC(=O)O. The van der Waals surface area contributed by atoms with Gasteiger partial charge < -0.3 is 19.9 Å². The molecule has 0 radical (unpaired) electrons. The number of ether oxygens (including phenoxy) is 2. The number of hydrazone groups is 1. The molecule has 3 aromatic carbocycles. The minimum atomic E-state index is -1.12. The Morgan fingerprint density at radius 3 is 2.36 bits per heavy atom. The van der Waals surface area contributed by atoms with E-state index in [4.69, 9.17) is 14.6 Å². The normalized spacial score (nSPS) is 11.5. The standard InChI is InChI=1S/C26H24BrN3O6/c1-35-22-13-17(12-20(27)25(22)36-16-24(32)33)15-28-30-23(31)14-21(18-8-4-2-5-9-18)29-26(34)19-10-6-3-7-11-19/h2-13,15,21H,14,16H2,1H3,(H,29,34)(H,30,31)(H,32,33)/b28-15-/t21-/m0/s1. The van der Waals surface area contributed by atoms with Crippen molar-refractivity contribution in [3.8, 4) is 11.5 Å². The highest BCUT2D eigenvalue weighted by Crippen LogP contribution is 2.36. The van der Waals surface area contributed by atoms with Crippen molar-refractivity contribution in [3.63, 3.8) is 0 Å². The van der Waals surface area contributed by atoms with Gasteiger partial charge in [0.2, 0.25) is 5.91 Å². The van der Waals surface area contributed by atoms with Crippen molar-refractivity contribution in [2.24, 2.45) is 5.10 Å². The third-order valence-corrected chi connectivity index (χ3v) is 5.52. The second kappa shape index (κ2) is 13.1. The van der Waals surface area contributed by atoms with E-state index in [2.05, 4.69) is 31.8 Å². The molecule has 0 saturated heterocycles. The molecule has 186 valence electrons. The number of carbonyl (C=O) groups is 3. The Balaban J connectivity index is 1.67. The number of carboxylic acid groups (broad SMARTS) is 1. The summed E-state index contributed by atoms with van der Waals surface area (Å²) in [6.45, 7) is -0.526. The lowest BCUT2D eigenvalue weighted by molar-refractivity contribution is -0.139. The van der Waals surface area contributed by atoms with Gasteiger partial charge in [0.1, 0.15) is 0 Å². The number of nitrogens with one attached hydrogen (secondary N) is 2. The van der Waals surface area contributed by atoms with Crippen LogP contribution in [0.4, 0.5) is 0 Å². The van der Waals surface area contributed by atoms with Crippen LogP contribution in [0.5, 0.6) is 11.5 Å².